The van der Waals surface area contributed by atoms with Crippen molar-refractivity contribution in [1.29, 1.82) is 0 Å². The van der Waals surface area contributed by atoms with Gasteiger partial charge in [0, 0.05) is 6.54 Å². The van der Waals surface area contributed by atoms with Gasteiger partial charge in [0.15, 0.2) is 11.5 Å². The second-order valence-corrected chi connectivity index (χ2v) is 6.50. The lowest BCUT2D eigenvalue weighted by molar-refractivity contribution is 0.261. The average molecular weight is 423 g/mol. The van der Waals surface area contributed by atoms with Crippen molar-refractivity contribution in [2.24, 2.45) is 0 Å². The molecule has 1 aromatic rings. The Hall–Kier alpha value is -0.680. The molecule has 0 unspecified atom stereocenters. The average Bonchev–Trinajstić information content (AvgIpc) is 2.63. The minimum atomic E-state index is 0. The Kier molecular flexibility index (Phi) is 19.7. The standard InChI is InChI=1S/C21H38N2O2.2ClH/c1-5-8-14-23(15-9-6-2)16-10-13-22-18-19-11-12-20(24-4)21(17-19)25-7-3;;/h11-12,17,22H,5-10,13-16,18H2,1-4H3;2*1H. The SMILES string of the molecule is CCCCN(CCCC)CCCNCc1ccc(OC)c(OCC)c1.Cl.Cl. The van der Waals surface area contributed by atoms with E-state index in [0.29, 0.717) is 6.61 Å². The van der Waals surface area contributed by atoms with Crippen LogP contribution in [-0.4, -0.2) is 44.8 Å². The van der Waals surface area contributed by atoms with Crippen LogP contribution >= 0.6 is 24.8 Å². The van der Waals surface area contributed by atoms with Crippen LogP contribution < -0.4 is 14.8 Å². The second kappa shape index (κ2) is 18.7. The van der Waals surface area contributed by atoms with E-state index in [-0.39, 0.29) is 24.8 Å². The van der Waals surface area contributed by atoms with E-state index >= 15 is 0 Å². The summed E-state index contributed by atoms with van der Waals surface area (Å²) in [6, 6.07) is 6.16. The largest absolute Gasteiger partial charge is 0.493 e. The molecule has 0 amide bonds. The van der Waals surface area contributed by atoms with Gasteiger partial charge in [-0.15, -0.1) is 24.8 Å². The van der Waals surface area contributed by atoms with Gasteiger partial charge in [0.05, 0.1) is 13.7 Å². The molecule has 1 aromatic carbocycles. The molecular weight excluding hydrogens is 383 g/mol. The first-order valence-electron chi connectivity index (χ1n) is 9.97. The summed E-state index contributed by atoms with van der Waals surface area (Å²) in [6.45, 7) is 12.8. The van der Waals surface area contributed by atoms with Crippen molar-refractivity contribution in [2.75, 3.05) is 39.9 Å². The molecule has 0 saturated heterocycles. The highest BCUT2D eigenvalue weighted by Crippen LogP contribution is 2.27. The van der Waals surface area contributed by atoms with Gasteiger partial charge < -0.3 is 19.7 Å². The zero-order valence-electron chi connectivity index (χ0n) is 17.6. The smallest absolute Gasteiger partial charge is 0.161 e. The molecule has 0 aliphatic heterocycles. The molecule has 6 heteroatoms. The molecule has 0 aliphatic rings. The van der Waals surface area contributed by atoms with Crippen molar-refractivity contribution >= 4 is 24.8 Å². The lowest BCUT2D eigenvalue weighted by Crippen LogP contribution is -2.29. The van der Waals surface area contributed by atoms with Gasteiger partial charge in [-0.05, 0) is 70.1 Å². The van der Waals surface area contributed by atoms with E-state index in [1.54, 1.807) is 7.11 Å². The van der Waals surface area contributed by atoms with Crippen molar-refractivity contribution < 1.29 is 9.47 Å². The Morgan fingerprint density at radius 2 is 1.52 bits per heavy atom. The first-order valence-corrected chi connectivity index (χ1v) is 9.97. The molecule has 0 radical (unpaired) electrons. The highest BCUT2D eigenvalue weighted by molar-refractivity contribution is 5.85. The first-order chi connectivity index (χ1) is 12.2. The molecule has 4 nitrogen and oxygen atoms in total. The van der Waals surface area contributed by atoms with E-state index in [4.69, 9.17) is 9.47 Å². The number of hydrogen-bond acceptors (Lipinski definition) is 4. The molecule has 0 spiro atoms. The lowest BCUT2D eigenvalue weighted by Gasteiger charge is -2.22. The van der Waals surface area contributed by atoms with E-state index in [0.717, 1.165) is 24.6 Å². The summed E-state index contributed by atoms with van der Waals surface area (Å²) >= 11 is 0. The van der Waals surface area contributed by atoms with Crippen LogP contribution in [0.25, 0.3) is 0 Å². The maximum absolute atomic E-state index is 5.64. The molecule has 0 aromatic heterocycles. The highest BCUT2D eigenvalue weighted by Gasteiger charge is 2.06. The lowest BCUT2D eigenvalue weighted by atomic mass is 10.2. The van der Waals surface area contributed by atoms with Gasteiger partial charge in [0.1, 0.15) is 0 Å². The molecule has 1 N–H and O–H groups in total. The van der Waals surface area contributed by atoms with Gasteiger partial charge in [0.25, 0.3) is 0 Å². The summed E-state index contributed by atoms with van der Waals surface area (Å²) in [6.07, 6.45) is 6.37. The molecule has 0 bridgehead atoms. The molecule has 0 atom stereocenters. The van der Waals surface area contributed by atoms with Crippen LogP contribution in [0.5, 0.6) is 11.5 Å². The predicted molar refractivity (Wildman–Crippen MR) is 121 cm³/mol. The Morgan fingerprint density at radius 3 is 2.07 bits per heavy atom. The third-order valence-corrected chi connectivity index (χ3v) is 4.34. The summed E-state index contributed by atoms with van der Waals surface area (Å²) in [5.74, 6) is 1.63. The van der Waals surface area contributed by atoms with Gasteiger partial charge in [0.2, 0.25) is 0 Å². The van der Waals surface area contributed by atoms with Crippen LogP contribution in [0.2, 0.25) is 0 Å². The zero-order chi connectivity index (χ0) is 18.3. The maximum atomic E-state index is 5.64. The minimum Gasteiger partial charge on any atom is -0.493 e. The number of rotatable bonds is 15. The number of ether oxygens (including phenoxy) is 2. The van der Waals surface area contributed by atoms with Gasteiger partial charge in [-0.25, -0.2) is 0 Å². The third kappa shape index (κ3) is 12.4. The molecule has 0 heterocycles. The van der Waals surface area contributed by atoms with Crippen LogP contribution in [0.4, 0.5) is 0 Å². The van der Waals surface area contributed by atoms with E-state index in [1.165, 1.54) is 57.3 Å². The molecular formula is C21H40Cl2N2O2. The van der Waals surface area contributed by atoms with Crippen molar-refractivity contribution in [3.8, 4) is 11.5 Å². The number of hydrogen-bond donors (Lipinski definition) is 1. The Bertz CT molecular complexity index is 454. The third-order valence-electron chi connectivity index (χ3n) is 4.34. The van der Waals surface area contributed by atoms with Crippen molar-refractivity contribution in [1.82, 2.24) is 10.2 Å². The van der Waals surface area contributed by atoms with Gasteiger partial charge >= 0.3 is 0 Å². The molecule has 0 saturated carbocycles. The number of methoxy groups -OCH3 is 1. The van der Waals surface area contributed by atoms with Crippen LogP contribution in [0, 0.1) is 0 Å². The van der Waals surface area contributed by atoms with E-state index < -0.39 is 0 Å². The summed E-state index contributed by atoms with van der Waals surface area (Å²) in [7, 11) is 1.68. The number of nitrogens with zero attached hydrogens (tertiary/aromatic N) is 1. The second-order valence-electron chi connectivity index (χ2n) is 6.50. The van der Waals surface area contributed by atoms with Crippen molar-refractivity contribution in [2.45, 2.75) is 59.4 Å². The van der Waals surface area contributed by atoms with Crippen molar-refractivity contribution in [3.63, 3.8) is 0 Å². The summed E-state index contributed by atoms with van der Waals surface area (Å²) in [4.78, 5) is 2.62. The topological polar surface area (TPSA) is 33.7 Å². The summed E-state index contributed by atoms with van der Waals surface area (Å²) in [5, 5.41) is 3.55. The fraction of sp³-hybridized carbons (Fsp3) is 0.714. The van der Waals surface area contributed by atoms with Crippen molar-refractivity contribution in [3.05, 3.63) is 23.8 Å². The zero-order valence-corrected chi connectivity index (χ0v) is 19.2. The van der Waals surface area contributed by atoms with Crippen LogP contribution in [0.15, 0.2) is 18.2 Å². The number of benzene rings is 1. The Morgan fingerprint density at radius 1 is 0.889 bits per heavy atom. The first kappa shape index (κ1) is 28.5. The van der Waals surface area contributed by atoms with Crippen LogP contribution in [-0.2, 0) is 6.54 Å². The highest BCUT2D eigenvalue weighted by atomic mass is 35.5. The van der Waals surface area contributed by atoms with Gasteiger partial charge in [-0.1, -0.05) is 32.8 Å². The molecule has 160 valence electrons. The fourth-order valence-electron chi connectivity index (χ4n) is 2.86. The quantitative estimate of drug-likeness (QED) is 0.387. The predicted octanol–water partition coefficient (Wildman–Crippen LogP) is 5.32. The number of halogens is 2. The van der Waals surface area contributed by atoms with E-state index in [1.807, 2.05) is 13.0 Å². The Labute approximate surface area is 179 Å². The fourth-order valence-corrected chi connectivity index (χ4v) is 2.86. The molecule has 27 heavy (non-hydrogen) atoms. The normalized spacial score (nSPS) is 10.3. The monoisotopic (exact) mass is 422 g/mol. The van der Waals surface area contributed by atoms with E-state index in [9.17, 15) is 0 Å². The number of nitrogens with one attached hydrogen (secondary N) is 1. The van der Waals surface area contributed by atoms with Crippen LogP contribution in [0.1, 0.15) is 58.4 Å². The van der Waals surface area contributed by atoms with Gasteiger partial charge in [-0.2, -0.15) is 0 Å². The number of unbranched alkanes of at least 4 members (excludes halogenated alkanes) is 2. The van der Waals surface area contributed by atoms with Crippen LogP contribution in [0.3, 0.4) is 0 Å². The minimum absolute atomic E-state index is 0. The Balaban J connectivity index is 0. The summed E-state index contributed by atoms with van der Waals surface area (Å²) < 4.78 is 11.0. The van der Waals surface area contributed by atoms with Gasteiger partial charge in [-0.3, -0.25) is 0 Å². The summed E-state index contributed by atoms with van der Waals surface area (Å²) in [5.41, 5.74) is 1.23. The molecule has 0 fully saturated rings. The van der Waals surface area contributed by atoms with E-state index in [2.05, 4.69) is 36.2 Å². The molecule has 0 aliphatic carbocycles. The molecule has 1 rings (SSSR count). The maximum Gasteiger partial charge on any atom is 0.161 e.